The van der Waals surface area contributed by atoms with Gasteiger partial charge in [0.2, 0.25) is 11.8 Å². The highest BCUT2D eigenvalue weighted by molar-refractivity contribution is 5.96. The van der Waals surface area contributed by atoms with Crippen molar-refractivity contribution in [3.05, 3.63) is 70.6 Å². The van der Waals surface area contributed by atoms with Gasteiger partial charge in [0.05, 0.1) is 25.7 Å². The van der Waals surface area contributed by atoms with Gasteiger partial charge in [-0.25, -0.2) is 4.39 Å². The number of amides is 2. The molecule has 11 heteroatoms. The number of hydrogen-bond acceptors (Lipinski definition) is 8. The number of nitrogens with one attached hydrogen (secondary N) is 1. The van der Waals surface area contributed by atoms with Crippen LogP contribution in [0.3, 0.4) is 0 Å². The van der Waals surface area contributed by atoms with Crippen molar-refractivity contribution in [1.82, 2.24) is 10.2 Å². The van der Waals surface area contributed by atoms with E-state index in [0.717, 1.165) is 0 Å². The highest BCUT2D eigenvalue weighted by atomic mass is 19.1. The molecule has 2 aromatic rings. The summed E-state index contributed by atoms with van der Waals surface area (Å²) < 4.78 is 31.1. The lowest BCUT2D eigenvalue weighted by molar-refractivity contribution is -0.141. The molecule has 1 aliphatic carbocycles. The first-order valence-electron chi connectivity index (χ1n) is 12.0. The van der Waals surface area contributed by atoms with Crippen LogP contribution in [0.25, 0.3) is 0 Å². The number of methoxy groups -OCH3 is 2. The summed E-state index contributed by atoms with van der Waals surface area (Å²) in [5, 5.41) is 23.4. The van der Waals surface area contributed by atoms with Crippen molar-refractivity contribution in [2.45, 2.75) is 30.7 Å². The van der Waals surface area contributed by atoms with Crippen LogP contribution in [0, 0.1) is 5.82 Å². The Bertz CT molecular complexity index is 1250. The fraction of sp³-hybridized carbons (Fsp3) is 0.370. The van der Waals surface area contributed by atoms with Crippen LogP contribution in [-0.2, 0) is 20.9 Å². The fourth-order valence-corrected chi connectivity index (χ4v) is 4.93. The van der Waals surface area contributed by atoms with E-state index in [4.69, 9.17) is 14.2 Å². The molecule has 0 fully saturated rings. The van der Waals surface area contributed by atoms with Gasteiger partial charge in [-0.05, 0) is 24.3 Å². The molecule has 2 aliphatic rings. The number of aldehydes is 1. The summed E-state index contributed by atoms with van der Waals surface area (Å²) in [5.41, 5.74) is 1.11. The van der Waals surface area contributed by atoms with Gasteiger partial charge in [0, 0.05) is 42.5 Å². The van der Waals surface area contributed by atoms with Crippen molar-refractivity contribution in [3.8, 4) is 11.5 Å². The number of aliphatic hydroxyl groups is 2. The lowest BCUT2D eigenvalue weighted by Crippen LogP contribution is -2.56. The third-order valence-corrected chi connectivity index (χ3v) is 6.66. The van der Waals surface area contributed by atoms with E-state index in [1.54, 1.807) is 12.1 Å². The fourth-order valence-electron chi connectivity index (χ4n) is 4.93. The molecule has 2 aromatic carbocycles. The van der Waals surface area contributed by atoms with Crippen LogP contribution in [0.5, 0.6) is 11.5 Å². The Hall–Kier alpha value is -3.80. The Morgan fingerprint density at radius 2 is 2.00 bits per heavy atom. The molecule has 0 saturated heterocycles. The van der Waals surface area contributed by atoms with Gasteiger partial charge in [-0.3, -0.25) is 14.4 Å². The van der Waals surface area contributed by atoms with E-state index >= 15 is 0 Å². The third kappa shape index (κ3) is 5.13. The van der Waals surface area contributed by atoms with E-state index in [1.807, 2.05) is 0 Å². The van der Waals surface area contributed by atoms with E-state index < -0.39 is 41.8 Å². The second-order valence-electron chi connectivity index (χ2n) is 8.95. The first kappa shape index (κ1) is 27.2. The highest BCUT2D eigenvalue weighted by Gasteiger charge is 2.51. The first-order valence-corrected chi connectivity index (χ1v) is 12.0. The molecule has 1 aliphatic heterocycles. The topological polar surface area (TPSA) is 135 Å². The average molecular weight is 529 g/mol. The molecular weight excluding hydrogens is 499 g/mol. The molecule has 3 N–H and O–H groups in total. The van der Waals surface area contributed by atoms with Crippen molar-refractivity contribution in [2.75, 3.05) is 34.0 Å². The highest BCUT2D eigenvalue weighted by Crippen LogP contribution is 2.51. The van der Waals surface area contributed by atoms with Gasteiger partial charge in [0.1, 0.15) is 30.9 Å². The Labute approximate surface area is 218 Å². The number of carbonyl (C=O) groups excluding carboxylic acids is 3. The Kier molecular flexibility index (Phi) is 8.40. The van der Waals surface area contributed by atoms with Crippen LogP contribution < -0.4 is 14.8 Å². The molecule has 4 atom stereocenters. The summed E-state index contributed by atoms with van der Waals surface area (Å²) in [4.78, 5) is 39.3. The van der Waals surface area contributed by atoms with Gasteiger partial charge in [0.15, 0.2) is 11.5 Å². The van der Waals surface area contributed by atoms with Crippen molar-refractivity contribution in [2.24, 2.45) is 0 Å². The Morgan fingerprint density at radius 3 is 2.66 bits per heavy atom. The maximum absolute atomic E-state index is 14.6. The first-order chi connectivity index (χ1) is 18.3. The predicted octanol–water partition coefficient (Wildman–Crippen LogP) is 0.945. The van der Waals surface area contributed by atoms with Crippen LogP contribution in [0.2, 0.25) is 0 Å². The molecule has 0 bridgehead atoms. The smallest absolute Gasteiger partial charge is 0.249 e. The van der Waals surface area contributed by atoms with Crippen LogP contribution in [0.4, 0.5) is 4.39 Å². The molecule has 1 heterocycles. The monoisotopic (exact) mass is 528 g/mol. The van der Waals surface area contributed by atoms with Gasteiger partial charge in [0.25, 0.3) is 0 Å². The molecule has 0 aromatic heterocycles. The number of carbonyl (C=O) groups is 3. The van der Waals surface area contributed by atoms with E-state index in [-0.39, 0.29) is 54.5 Å². The zero-order valence-electron chi connectivity index (χ0n) is 20.9. The minimum atomic E-state index is -1.35. The maximum Gasteiger partial charge on any atom is 0.249 e. The zero-order chi connectivity index (χ0) is 27.4. The van der Waals surface area contributed by atoms with Gasteiger partial charge in [-0.15, -0.1) is 0 Å². The standard InChI is InChI=1S/C27H29FN2O8/c1-36-14-22(33)30(12-16-5-3-4-6-19(16)28)20-11-18(27(35)29-7-8-31)23-17-9-15(13-32)10-21(37-2)25(17)38-26(23)24(20)34/h3-6,9-11,13,20,23-24,26,31,34H,7-8,12,14H2,1-2H3,(H,29,35). The van der Waals surface area contributed by atoms with Crippen molar-refractivity contribution in [1.29, 1.82) is 0 Å². The van der Waals surface area contributed by atoms with Crippen LogP contribution in [-0.4, -0.2) is 85.4 Å². The Balaban J connectivity index is 1.83. The lowest BCUT2D eigenvalue weighted by Gasteiger charge is -2.40. The number of halogens is 1. The normalized spacial score (nSPS) is 21.4. The van der Waals surface area contributed by atoms with Gasteiger partial charge in [-0.1, -0.05) is 18.2 Å². The van der Waals surface area contributed by atoms with Crippen LogP contribution >= 0.6 is 0 Å². The summed E-state index contributed by atoms with van der Waals surface area (Å²) in [6, 6.07) is 7.87. The van der Waals surface area contributed by atoms with Gasteiger partial charge < -0.3 is 34.6 Å². The molecular formula is C27H29FN2O8. The summed E-state index contributed by atoms with van der Waals surface area (Å²) >= 11 is 0. The van der Waals surface area contributed by atoms with E-state index in [0.29, 0.717) is 11.8 Å². The number of hydrogen-bond donors (Lipinski definition) is 3. The molecule has 10 nitrogen and oxygen atoms in total. The number of fused-ring (bicyclic) bond motifs is 3. The number of aliphatic hydroxyl groups excluding tert-OH is 2. The zero-order valence-corrected chi connectivity index (χ0v) is 20.9. The summed E-state index contributed by atoms with van der Waals surface area (Å²) in [6.45, 7) is -0.889. The van der Waals surface area contributed by atoms with Crippen molar-refractivity contribution < 1.29 is 43.2 Å². The van der Waals surface area contributed by atoms with Crippen LogP contribution in [0.15, 0.2) is 48.0 Å². The number of nitrogens with zero attached hydrogens (tertiary/aromatic N) is 1. The number of rotatable bonds is 10. The molecule has 0 spiro atoms. The van der Waals surface area contributed by atoms with Crippen molar-refractivity contribution >= 4 is 18.1 Å². The third-order valence-electron chi connectivity index (χ3n) is 6.66. The van der Waals surface area contributed by atoms with Gasteiger partial charge >= 0.3 is 0 Å². The minimum absolute atomic E-state index is 0.0340. The largest absolute Gasteiger partial charge is 0.493 e. The Morgan fingerprint density at radius 1 is 1.24 bits per heavy atom. The SMILES string of the molecule is COCC(=O)N(Cc1ccccc1F)C1C=C(C(=O)NCCO)C2c3cc(C=O)cc(OC)c3OC2C1O. The summed E-state index contributed by atoms with van der Waals surface area (Å²) in [5.74, 6) is -1.93. The summed E-state index contributed by atoms with van der Waals surface area (Å²) in [7, 11) is 2.74. The molecule has 0 saturated carbocycles. The lowest BCUT2D eigenvalue weighted by atomic mass is 9.77. The second kappa shape index (κ2) is 11.7. The molecule has 0 radical (unpaired) electrons. The predicted molar refractivity (Wildman–Crippen MR) is 132 cm³/mol. The second-order valence-corrected chi connectivity index (χ2v) is 8.95. The molecule has 38 heavy (non-hydrogen) atoms. The number of ether oxygens (including phenoxy) is 3. The van der Waals surface area contributed by atoms with Crippen molar-refractivity contribution in [3.63, 3.8) is 0 Å². The summed E-state index contributed by atoms with van der Waals surface area (Å²) in [6.07, 6.45) is -0.304. The molecule has 2 amide bonds. The molecule has 202 valence electrons. The van der Waals surface area contributed by atoms with Gasteiger partial charge in [-0.2, -0.15) is 0 Å². The number of benzene rings is 2. The van der Waals surface area contributed by atoms with Crippen LogP contribution in [0.1, 0.15) is 27.4 Å². The van der Waals surface area contributed by atoms with E-state index in [9.17, 15) is 29.0 Å². The average Bonchev–Trinajstić information content (AvgIpc) is 3.31. The maximum atomic E-state index is 14.6. The van der Waals surface area contributed by atoms with E-state index in [1.165, 1.54) is 49.5 Å². The van der Waals surface area contributed by atoms with E-state index in [2.05, 4.69) is 5.32 Å². The molecule has 4 rings (SSSR count). The minimum Gasteiger partial charge on any atom is -0.493 e. The quantitative estimate of drug-likeness (QED) is 0.388. The molecule has 4 unspecified atom stereocenters.